The second-order valence-corrected chi connectivity index (χ2v) is 13.7. The van der Waals surface area contributed by atoms with Gasteiger partial charge in [0.15, 0.2) is 5.82 Å². The third-order valence-electron chi connectivity index (χ3n) is 10.6. The summed E-state index contributed by atoms with van der Waals surface area (Å²) in [5.74, 6) is 0.704. The van der Waals surface area contributed by atoms with Crippen molar-refractivity contribution in [2.45, 2.75) is 0 Å². The van der Waals surface area contributed by atoms with E-state index in [0.717, 1.165) is 77.2 Å². The molecule has 0 aliphatic rings. The number of rotatable bonds is 3. The summed E-state index contributed by atoms with van der Waals surface area (Å²) in [5, 5.41) is 10.2. The molecule has 11 rings (SSSR count). The molecule has 0 aliphatic heterocycles. The number of fused-ring (bicyclic) bond motifs is 11. The number of hydrogen-bond donors (Lipinski definition) is 0. The van der Waals surface area contributed by atoms with E-state index in [-0.39, 0.29) is 0 Å². The Morgan fingerprint density at radius 2 is 0.907 bits per heavy atom. The molecule has 0 saturated heterocycles. The lowest BCUT2D eigenvalue weighted by Crippen LogP contribution is -1.97. The summed E-state index contributed by atoms with van der Waals surface area (Å²) < 4.78 is 9.14. The van der Waals surface area contributed by atoms with Crippen LogP contribution in [0.15, 0.2) is 192 Å². The number of para-hydroxylation sites is 4. The van der Waals surface area contributed by atoms with Gasteiger partial charge in [0.25, 0.3) is 0 Å². The molecule has 11 aromatic rings. The van der Waals surface area contributed by atoms with Crippen molar-refractivity contribution >= 4 is 76.2 Å². The van der Waals surface area contributed by atoms with Gasteiger partial charge in [-0.1, -0.05) is 127 Å². The van der Waals surface area contributed by atoms with Gasteiger partial charge in [-0.25, -0.2) is 9.97 Å². The second kappa shape index (κ2) is 12.1. The first kappa shape index (κ1) is 30.3. The highest BCUT2D eigenvalue weighted by atomic mass is 16.3. The molecule has 0 radical (unpaired) electrons. The van der Waals surface area contributed by atoms with E-state index in [9.17, 15) is 0 Å². The Morgan fingerprint density at radius 3 is 1.65 bits per heavy atom. The highest BCUT2D eigenvalue weighted by molar-refractivity contribution is 6.23. The van der Waals surface area contributed by atoms with Gasteiger partial charge in [0.05, 0.1) is 22.2 Å². The van der Waals surface area contributed by atoms with Crippen LogP contribution in [0.25, 0.3) is 105 Å². The minimum Gasteiger partial charge on any atom is -0.456 e. The predicted octanol–water partition coefficient (Wildman–Crippen LogP) is 13.4. The van der Waals surface area contributed by atoms with E-state index in [1.807, 2.05) is 30.3 Å². The van der Waals surface area contributed by atoms with Crippen molar-refractivity contribution in [2.75, 3.05) is 0 Å². The van der Waals surface area contributed by atoms with Gasteiger partial charge in [0, 0.05) is 43.7 Å². The smallest absolute Gasteiger partial charge is 0.160 e. The van der Waals surface area contributed by atoms with Crippen LogP contribution in [0.4, 0.5) is 0 Å². The van der Waals surface area contributed by atoms with Crippen LogP contribution in [-0.4, -0.2) is 14.5 Å². The zero-order chi connectivity index (χ0) is 35.6. The van der Waals surface area contributed by atoms with Crippen molar-refractivity contribution < 1.29 is 4.42 Å². The first-order chi connectivity index (χ1) is 26.8. The van der Waals surface area contributed by atoms with Crippen LogP contribution < -0.4 is 0 Å². The molecule has 4 heteroatoms. The Hall–Kier alpha value is -7.30. The molecular formula is C50H31N3O. The van der Waals surface area contributed by atoms with E-state index >= 15 is 0 Å². The molecule has 0 aliphatic carbocycles. The van der Waals surface area contributed by atoms with Gasteiger partial charge in [-0.3, -0.25) is 0 Å². The number of aromatic nitrogens is 3. The van der Waals surface area contributed by atoms with Crippen molar-refractivity contribution in [3.05, 3.63) is 188 Å². The highest BCUT2D eigenvalue weighted by Gasteiger charge is 2.17. The largest absolute Gasteiger partial charge is 0.456 e. The van der Waals surface area contributed by atoms with Crippen molar-refractivity contribution in [1.29, 1.82) is 0 Å². The molecule has 0 atom stereocenters. The van der Waals surface area contributed by atoms with Crippen molar-refractivity contribution in [3.8, 4) is 28.3 Å². The Balaban J connectivity index is 1.18. The fourth-order valence-corrected chi connectivity index (χ4v) is 8.15. The molecule has 0 N–H and O–H groups in total. The van der Waals surface area contributed by atoms with E-state index in [2.05, 4.69) is 162 Å². The van der Waals surface area contributed by atoms with Crippen LogP contribution in [-0.2, 0) is 0 Å². The van der Waals surface area contributed by atoms with Crippen LogP contribution in [0.3, 0.4) is 0 Å². The molecule has 4 nitrogen and oxygen atoms in total. The van der Waals surface area contributed by atoms with Gasteiger partial charge in [-0.05, 0) is 82.2 Å². The Morgan fingerprint density at radius 1 is 0.352 bits per heavy atom. The van der Waals surface area contributed by atoms with Crippen molar-refractivity contribution in [3.63, 3.8) is 0 Å². The van der Waals surface area contributed by atoms with E-state index in [1.165, 1.54) is 21.5 Å². The SMILES string of the molecule is c1ccc(-c2nc(-c3ccc(-n4c5ccccc5c5cc6c(cc54)c4ccccc4oc4ccccc4c4ccccc46)cc3)nc3ccccc23)cc1. The summed E-state index contributed by atoms with van der Waals surface area (Å²) in [4.78, 5) is 10.2. The van der Waals surface area contributed by atoms with Crippen LogP contribution in [0.5, 0.6) is 0 Å². The maximum atomic E-state index is 6.76. The molecule has 54 heavy (non-hydrogen) atoms. The third-order valence-corrected chi connectivity index (χ3v) is 10.6. The summed E-state index contributed by atoms with van der Waals surface area (Å²) in [6.07, 6.45) is 0. The quantitative estimate of drug-likeness (QED) is 0.185. The van der Waals surface area contributed by atoms with Crippen molar-refractivity contribution in [2.24, 2.45) is 0 Å². The first-order valence-corrected chi connectivity index (χ1v) is 18.2. The topological polar surface area (TPSA) is 43.9 Å². The Bertz CT molecular complexity index is 3320. The van der Waals surface area contributed by atoms with Gasteiger partial charge < -0.3 is 8.98 Å². The van der Waals surface area contributed by atoms with E-state index in [1.54, 1.807) is 0 Å². The molecule has 3 heterocycles. The lowest BCUT2D eigenvalue weighted by atomic mass is 9.99. The summed E-state index contributed by atoms with van der Waals surface area (Å²) in [5.41, 5.74) is 8.90. The fraction of sp³-hybridized carbons (Fsp3) is 0. The average molecular weight is 690 g/mol. The Labute approximate surface area is 310 Å². The lowest BCUT2D eigenvalue weighted by molar-refractivity contribution is 0.663. The van der Waals surface area contributed by atoms with Gasteiger partial charge in [0.2, 0.25) is 0 Å². The number of nitrogens with zero attached hydrogens (tertiary/aromatic N) is 3. The second-order valence-electron chi connectivity index (χ2n) is 13.7. The lowest BCUT2D eigenvalue weighted by Gasteiger charge is -2.11. The van der Waals surface area contributed by atoms with Gasteiger partial charge in [0.1, 0.15) is 11.2 Å². The highest BCUT2D eigenvalue weighted by Crippen LogP contribution is 2.39. The fourth-order valence-electron chi connectivity index (χ4n) is 8.15. The number of benzene rings is 8. The Kier molecular flexibility index (Phi) is 6.82. The summed E-state index contributed by atoms with van der Waals surface area (Å²) >= 11 is 0. The minimum absolute atomic E-state index is 0.704. The van der Waals surface area contributed by atoms with Crippen molar-refractivity contribution in [1.82, 2.24) is 14.5 Å². The standard InChI is InChI=1S/C50H31N3O/c1-2-14-32(15-3-1)49-40-21-6-10-22-44(40)51-50(52-49)33-26-28-34(29-27-33)53-45-23-11-7-18-37(45)43-30-41-36-17-5-4-16-35(36)38-19-8-12-24-47(38)54-48-25-13-9-20-39(48)42(41)31-46(43)53/h1-31H. The van der Waals surface area contributed by atoms with Crippen LogP contribution >= 0.6 is 0 Å². The molecule has 0 unspecified atom stereocenters. The van der Waals surface area contributed by atoms with Crippen LogP contribution in [0.2, 0.25) is 0 Å². The monoisotopic (exact) mass is 689 g/mol. The third kappa shape index (κ3) is 4.78. The van der Waals surface area contributed by atoms with E-state index in [0.29, 0.717) is 5.82 Å². The molecule has 3 aromatic heterocycles. The van der Waals surface area contributed by atoms with Gasteiger partial charge in [-0.15, -0.1) is 0 Å². The van der Waals surface area contributed by atoms with Crippen LogP contribution in [0.1, 0.15) is 0 Å². The number of hydrogen-bond acceptors (Lipinski definition) is 3. The average Bonchev–Trinajstić information content (AvgIpc) is 3.58. The maximum absolute atomic E-state index is 6.76. The zero-order valence-corrected chi connectivity index (χ0v) is 29.1. The maximum Gasteiger partial charge on any atom is 0.160 e. The molecule has 252 valence electrons. The summed E-state index contributed by atoms with van der Waals surface area (Å²) in [7, 11) is 0. The minimum atomic E-state index is 0.704. The molecule has 0 amide bonds. The molecule has 0 bridgehead atoms. The predicted molar refractivity (Wildman–Crippen MR) is 225 cm³/mol. The first-order valence-electron chi connectivity index (χ1n) is 18.2. The summed E-state index contributed by atoms with van der Waals surface area (Å²) in [6, 6.07) is 66.1. The van der Waals surface area contributed by atoms with E-state index < -0.39 is 0 Å². The summed E-state index contributed by atoms with van der Waals surface area (Å²) in [6.45, 7) is 0. The normalized spacial score (nSPS) is 11.7. The molecular weight excluding hydrogens is 659 g/mol. The molecule has 0 fully saturated rings. The molecule has 8 aromatic carbocycles. The molecule has 0 saturated carbocycles. The zero-order valence-electron chi connectivity index (χ0n) is 29.1. The van der Waals surface area contributed by atoms with Gasteiger partial charge >= 0.3 is 0 Å². The molecule has 0 spiro atoms. The van der Waals surface area contributed by atoms with E-state index in [4.69, 9.17) is 14.4 Å². The van der Waals surface area contributed by atoms with Gasteiger partial charge in [-0.2, -0.15) is 0 Å². The van der Waals surface area contributed by atoms with Crippen LogP contribution in [0, 0.1) is 0 Å².